The van der Waals surface area contributed by atoms with Gasteiger partial charge in [0.15, 0.2) is 11.9 Å². The van der Waals surface area contributed by atoms with E-state index in [0.29, 0.717) is 0 Å². The van der Waals surface area contributed by atoms with Gasteiger partial charge < -0.3 is 19.5 Å². The fourth-order valence-electron chi connectivity index (χ4n) is 3.78. The first kappa shape index (κ1) is 22.8. The summed E-state index contributed by atoms with van der Waals surface area (Å²) in [5.74, 6) is -3.97. The highest BCUT2D eigenvalue weighted by atomic mass is 19.1. The van der Waals surface area contributed by atoms with E-state index in [0.717, 1.165) is 6.92 Å². The van der Waals surface area contributed by atoms with Crippen LogP contribution in [0.5, 0.6) is 0 Å². The van der Waals surface area contributed by atoms with Gasteiger partial charge in [0.05, 0.1) is 6.04 Å². The lowest BCUT2D eigenvalue weighted by Gasteiger charge is -2.33. The fourth-order valence-corrected chi connectivity index (χ4v) is 3.78. The van der Waals surface area contributed by atoms with Crippen molar-refractivity contribution in [3.05, 3.63) is 0 Å². The summed E-state index contributed by atoms with van der Waals surface area (Å²) < 4.78 is 29.8. The molecule has 3 unspecified atom stereocenters. The number of alkyl halides is 1. The predicted octanol–water partition coefficient (Wildman–Crippen LogP) is 1.26. The van der Waals surface area contributed by atoms with Gasteiger partial charge in [-0.25, -0.2) is 14.0 Å². The summed E-state index contributed by atoms with van der Waals surface area (Å²) in [5, 5.41) is 2.51. The average Bonchev–Trinajstić information content (AvgIpc) is 3.02. The van der Waals surface area contributed by atoms with Crippen molar-refractivity contribution >= 4 is 30.1 Å². The van der Waals surface area contributed by atoms with Crippen LogP contribution in [0.4, 0.5) is 9.18 Å². The summed E-state index contributed by atoms with van der Waals surface area (Å²) in [5.41, 5.74) is -4.13. The number of alkyl carbamates (subject to hydrolysis) is 1. The number of ketones is 2. The third-order valence-corrected chi connectivity index (χ3v) is 5.65. The minimum absolute atomic E-state index is 0.0741. The SMILES string of the molecule is CC1C(=O)[C@H](C)C[C@@](C)(OC=O)CCC(=O)[C@@](C)(F)C(=O)OCC2OC(=O)NC21. The highest BCUT2D eigenvalue weighted by molar-refractivity contribution is 6.06. The smallest absolute Gasteiger partial charge is 0.407 e. The average molecular weight is 415 g/mol. The number of carbonyl (C=O) groups is 5. The zero-order chi connectivity index (χ0) is 22.0. The van der Waals surface area contributed by atoms with Crippen molar-refractivity contribution in [3.63, 3.8) is 0 Å². The lowest BCUT2D eigenvalue weighted by molar-refractivity contribution is -0.165. The van der Waals surface area contributed by atoms with Crippen molar-refractivity contribution in [2.45, 2.75) is 70.4 Å². The quantitative estimate of drug-likeness (QED) is 0.309. The molecule has 0 radical (unpaired) electrons. The van der Waals surface area contributed by atoms with Crippen molar-refractivity contribution in [1.29, 1.82) is 0 Å². The maximum absolute atomic E-state index is 14.8. The van der Waals surface area contributed by atoms with Crippen LogP contribution in [0.2, 0.25) is 0 Å². The number of amides is 1. The second-order valence-corrected chi connectivity index (χ2v) is 8.10. The molecule has 2 saturated heterocycles. The van der Waals surface area contributed by atoms with Crippen LogP contribution in [0.15, 0.2) is 0 Å². The summed E-state index contributed by atoms with van der Waals surface area (Å²) in [4.78, 5) is 60.0. The number of carbonyl (C=O) groups excluding carboxylic acids is 5. The molecule has 1 N–H and O–H groups in total. The van der Waals surface area contributed by atoms with E-state index in [-0.39, 0.29) is 25.1 Å². The lowest BCUT2D eigenvalue weighted by Crippen LogP contribution is -2.48. The molecule has 2 aliphatic rings. The number of fused-ring (bicyclic) bond motifs is 1. The van der Waals surface area contributed by atoms with Crippen molar-refractivity contribution < 1.29 is 42.6 Å². The molecule has 2 rings (SSSR count). The van der Waals surface area contributed by atoms with Crippen LogP contribution >= 0.6 is 0 Å². The van der Waals surface area contributed by atoms with Crippen LogP contribution < -0.4 is 5.32 Å². The monoisotopic (exact) mass is 415 g/mol. The molecule has 0 aliphatic carbocycles. The molecule has 0 aromatic heterocycles. The summed E-state index contributed by atoms with van der Waals surface area (Å²) in [6.45, 7) is 5.29. The number of hydrogen-bond acceptors (Lipinski definition) is 8. The topological polar surface area (TPSA) is 125 Å². The van der Waals surface area contributed by atoms with E-state index >= 15 is 0 Å². The Kier molecular flexibility index (Phi) is 6.64. The summed E-state index contributed by atoms with van der Waals surface area (Å²) in [6, 6.07) is -0.798. The normalized spacial score (nSPS) is 39.5. The van der Waals surface area contributed by atoms with Crippen molar-refractivity contribution in [2.24, 2.45) is 11.8 Å². The van der Waals surface area contributed by atoms with Gasteiger partial charge in [-0.3, -0.25) is 14.4 Å². The summed E-state index contributed by atoms with van der Waals surface area (Å²) in [6.07, 6.45) is -2.19. The van der Waals surface area contributed by atoms with E-state index in [2.05, 4.69) is 5.32 Å². The molecule has 0 saturated carbocycles. The van der Waals surface area contributed by atoms with Gasteiger partial charge in [-0.05, 0) is 26.7 Å². The minimum atomic E-state index is -2.91. The number of hydrogen-bond donors (Lipinski definition) is 1. The Labute approximate surface area is 167 Å². The number of nitrogens with one attached hydrogen (secondary N) is 1. The molecule has 0 spiro atoms. The highest BCUT2D eigenvalue weighted by Crippen LogP contribution is 2.31. The second-order valence-electron chi connectivity index (χ2n) is 8.10. The van der Waals surface area contributed by atoms with Gasteiger partial charge in [-0.2, -0.15) is 0 Å². The highest BCUT2D eigenvalue weighted by Gasteiger charge is 2.47. The second kappa shape index (κ2) is 8.46. The van der Waals surface area contributed by atoms with Crippen LogP contribution in [0.1, 0.15) is 47.0 Å². The lowest BCUT2D eigenvalue weighted by atomic mass is 9.80. The van der Waals surface area contributed by atoms with E-state index in [4.69, 9.17) is 14.2 Å². The number of cyclic esters (lactones) is 1. The van der Waals surface area contributed by atoms with Gasteiger partial charge in [-0.1, -0.05) is 13.8 Å². The standard InChI is InChI=1S/C19H26FNO8/c1-10-7-18(3,28-9-22)6-5-13(23)19(4,20)16(25)27-8-12-14(11(2)15(10)24)21-17(26)29-12/h9-12,14H,5-8H2,1-4H3,(H,21,26)/t10-,11?,12?,14?,18+,19-/m1/s1. The Morgan fingerprint density at radius 3 is 2.48 bits per heavy atom. The van der Waals surface area contributed by atoms with Gasteiger partial charge in [0.1, 0.15) is 18.0 Å². The molecule has 1 amide bonds. The molecule has 2 aliphatic heterocycles. The van der Waals surface area contributed by atoms with Crippen LogP contribution in [0.25, 0.3) is 0 Å². The minimum Gasteiger partial charge on any atom is -0.462 e. The molecule has 6 atom stereocenters. The van der Waals surface area contributed by atoms with E-state index in [9.17, 15) is 28.4 Å². The first-order valence-corrected chi connectivity index (χ1v) is 9.43. The predicted molar refractivity (Wildman–Crippen MR) is 95.4 cm³/mol. The van der Waals surface area contributed by atoms with Crippen molar-refractivity contribution in [2.75, 3.05) is 6.61 Å². The van der Waals surface area contributed by atoms with Crippen molar-refractivity contribution in [1.82, 2.24) is 5.32 Å². The molecule has 0 aromatic rings. The number of ether oxygens (including phenoxy) is 3. The molecule has 0 bridgehead atoms. The number of Topliss-reactive ketones (excluding diaryl/α,β-unsaturated/α-hetero) is 2. The van der Waals surface area contributed by atoms with Crippen LogP contribution in [-0.2, 0) is 33.4 Å². The summed E-state index contributed by atoms with van der Waals surface area (Å²) in [7, 11) is 0. The molecule has 0 aromatic carbocycles. The Balaban J connectivity index is 2.37. The number of esters is 1. The molecule has 29 heavy (non-hydrogen) atoms. The Morgan fingerprint density at radius 1 is 1.21 bits per heavy atom. The van der Waals surface area contributed by atoms with E-state index < -0.39 is 66.1 Å². The van der Waals surface area contributed by atoms with Gasteiger partial charge in [0, 0.05) is 18.3 Å². The molecule has 9 nitrogen and oxygen atoms in total. The summed E-state index contributed by atoms with van der Waals surface area (Å²) >= 11 is 0. The maximum Gasteiger partial charge on any atom is 0.407 e. The molecular formula is C19H26FNO8. The third-order valence-electron chi connectivity index (χ3n) is 5.65. The van der Waals surface area contributed by atoms with Gasteiger partial charge in [0.2, 0.25) is 0 Å². The van der Waals surface area contributed by atoms with Crippen LogP contribution in [0.3, 0.4) is 0 Å². The fraction of sp³-hybridized carbons (Fsp3) is 0.737. The van der Waals surface area contributed by atoms with E-state index in [1.165, 1.54) is 6.92 Å². The van der Waals surface area contributed by atoms with Crippen LogP contribution in [-0.4, -0.2) is 60.1 Å². The van der Waals surface area contributed by atoms with Gasteiger partial charge in [0.25, 0.3) is 12.1 Å². The largest absolute Gasteiger partial charge is 0.462 e. The first-order chi connectivity index (χ1) is 13.4. The Hall–Kier alpha value is -2.52. The first-order valence-electron chi connectivity index (χ1n) is 9.43. The van der Waals surface area contributed by atoms with Gasteiger partial charge >= 0.3 is 12.1 Å². The molecule has 2 fully saturated rings. The Bertz CT molecular complexity index is 708. The molecule has 162 valence electrons. The zero-order valence-corrected chi connectivity index (χ0v) is 16.9. The van der Waals surface area contributed by atoms with E-state index in [1.807, 2.05) is 0 Å². The van der Waals surface area contributed by atoms with E-state index in [1.54, 1.807) is 13.8 Å². The molecule has 2 heterocycles. The molecule has 10 heteroatoms. The van der Waals surface area contributed by atoms with Crippen molar-refractivity contribution in [3.8, 4) is 0 Å². The van der Waals surface area contributed by atoms with Crippen LogP contribution in [0, 0.1) is 11.8 Å². The number of halogens is 1. The van der Waals surface area contributed by atoms with Gasteiger partial charge in [-0.15, -0.1) is 0 Å². The molecular weight excluding hydrogens is 389 g/mol. The zero-order valence-electron chi connectivity index (χ0n) is 16.9. The maximum atomic E-state index is 14.8. The third kappa shape index (κ3) is 4.91. The number of rotatable bonds is 2. The Morgan fingerprint density at radius 2 is 1.86 bits per heavy atom.